The van der Waals surface area contributed by atoms with Gasteiger partial charge in [0.05, 0.1) is 11.1 Å². The monoisotopic (exact) mass is 352 g/mol. The molecule has 0 spiro atoms. The fourth-order valence-corrected chi connectivity index (χ4v) is 4.69. The number of nitrogens with zero attached hydrogens (tertiary/aromatic N) is 1. The van der Waals surface area contributed by atoms with E-state index in [1.807, 2.05) is 12.1 Å². The summed E-state index contributed by atoms with van der Waals surface area (Å²) in [6.07, 6.45) is 3.51. The van der Waals surface area contributed by atoms with E-state index in [1.54, 1.807) is 12.1 Å². The lowest BCUT2D eigenvalue weighted by Gasteiger charge is -2.23. The lowest BCUT2D eigenvalue weighted by molar-refractivity contribution is -0.125. The highest BCUT2D eigenvalue weighted by Gasteiger charge is 2.32. The molecule has 2 aromatic rings. The summed E-state index contributed by atoms with van der Waals surface area (Å²) in [5.74, 6) is -0.856. The van der Waals surface area contributed by atoms with E-state index in [4.69, 9.17) is 4.74 Å². The minimum atomic E-state index is -0.868. The molecule has 2 aliphatic rings. The maximum Gasteiger partial charge on any atom is 0.339 e. The van der Waals surface area contributed by atoms with Crippen LogP contribution < -0.4 is 5.32 Å². The third-order valence-corrected chi connectivity index (χ3v) is 5.91. The van der Waals surface area contributed by atoms with Crippen LogP contribution in [0.15, 0.2) is 24.3 Å². The second-order valence-electron chi connectivity index (χ2n) is 6.27. The molecule has 2 heterocycles. The number of hydrogen-bond acceptors (Lipinski definition) is 5. The summed E-state index contributed by atoms with van der Waals surface area (Å²) in [7, 11) is 0. The fraction of sp³-hybridized carbons (Fsp3) is 0.316. The Balaban J connectivity index is 1.57. The Hall–Kier alpha value is -2.65. The van der Waals surface area contributed by atoms with Crippen LogP contribution in [0.3, 0.4) is 0 Å². The van der Waals surface area contributed by atoms with E-state index in [-0.39, 0.29) is 5.91 Å². The first-order valence-corrected chi connectivity index (χ1v) is 9.13. The van der Waals surface area contributed by atoms with Crippen LogP contribution in [0.25, 0.3) is 0 Å². The number of esters is 1. The van der Waals surface area contributed by atoms with E-state index < -0.39 is 12.1 Å². The number of rotatable bonds is 2. The van der Waals surface area contributed by atoms with Crippen LogP contribution in [0.2, 0.25) is 0 Å². The van der Waals surface area contributed by atoms with Crippen molar-refractivity contribution in [2.24, 2.45) is 0 Å². The molecule has 25 heavy (non-hydrogen) atoms. The molecule has 5 nitrogen and oxygen atoms in total. The zero-order chi connectivity index (χ0) is 17.4. The molecule has 1 aromatic carbocycles. The summed E-state index contributed by atoms with van der Waals surface area (Å²) in [5, 5.41) is 12.9. The second-order valence-corrected chi connectivity index (χ2v) is 7.38. The van der Waals surface area contributed by atoms with Crippen LogP contribution in [0.5, 0.6) is 0 Å². The van der Waals surface area contributed by atoms with Gasteiger partial charge in [-0.15, -0.1) is 11.3 Å². The van der Waals surface area contributed by atoms with Crippen LogP contribution in [-0.2, 0) is 28.8 Å². The number of fused-ring (bicyclic) bond motifs is 2. The van der Waals surface area contributed by atoms with Gasteiger partial charge < -0.3 is 10.1 Å². The Morgan fingerprint density at radius 1 is 1.28 bits per heavy atom. The Morgan fingerprint density at radius 3 is 2.92 bits per heavy atom. The van der Waals surface area contributed by atoms with Gasteiger partial charge in [0.15, 0.2) is 6.10 Å². The molecule has 4 rings (SSSR count). The number of carbonyl (C=O) groups is 2. The number of aryl methyl sites for hydroxylation is 1. The first-order valence-electron chi connectivity index (χ1n) is 8.31. The van der Waals surface area contributed by atoms with Gasteiger partial charge in [0, 0.05) is 11.3 Å². The normalized spacial score (nSPS) is 18.5. The number of hydrogen-bond donors (Lipinski definition) is 1. The van der Waals surface area contributed by atoms with Crippen LogP contribution in [0, 0.1) is 11.3 Å². The van der Waals surface area contributed by atoms with E-state index in [2.05, 4.69) is 11.4 Å². The molecule has 1 amide bonds. The highest BCUT2D eigenvalue weighted by Crippen LogP contribution is 2.37. The minimum Gasteiger partial charge on any atom is -0.448 e. The summed E-state index contributed by atoms with van der Waals surface area (Å²) in [6.45, 7) is 0. The third kappa shape index (κ3) is 2.81. The average Bonchev–Trinajstić information content (AvgIpc) is 2.98. The molecule has 0 unspecified atom stereocenters. The van der Waals surface area contributed by atoms with Crippen LogP contribution >= 0.6 is 11.3 Å². The summed E-state index contributed by atoms with van der Waals surface area (Å²) in [5.41, 5.74) is 2.95. The van der Waals surface area contributed by atoms with Gasteiger partial charge in [-0.05, 0) is 42.9 Å². The molecule has 1 aliphatic carbocycles. The fourth-order valence-electron chi connectivity index (χ4n) is 3.44. The molecular weight excluding hydrogens is 336 g/mol. The lowest BCUT2D eigenvalue weighted by atomic mass is 9.96. The van der Waals surface area contributed by atoms with Gasteiger partial charge in [0.1, 0.15) is 11.1 Å². The molecule has 0 bridgehead atoms. The highest BCUT2D eigenvalue weighted by molar-refractivity contribution is 7.16. The number of benzene rings is 1. The Morgan fingerprint density at radius 2 is 2.08 bits per heavy atom. The molecule has 1 atom stereocenters. The number of carbonyl (C=O) groups excluding carboxylic acids is 2. The number of thiophene rings is 1. The smallest absolute Gasteiger partial charge is 0.339 e. The van der Waals surface area contributed by atoms with Gasteiger partial charge in [0.25, 0.3) is 5.91 Å². The maximum atomic E-state index is 12.6. The molecular formula is C19H16N2O3S. The standard InChI is InChI=1S/C19H16N2O3S/c20-10-14-13-7-3-4-8-16(13)25-18(14)21-17(22)15-9-11-5-1-2-6-12(11)19(23)24-15/h1-2,5-6,15H,3-4,7-9H2,(H,21,22)/t15-/m1/s1. The summed E-state index contributed by atoms with van der Waals surface area (Å²) >= 11 is 1.47. The largest absolute Gasteiger partial charge is 0.448 e. The quantitative estimate of drug-likeness (QED) is 0.842. The Bertz CT molecular complexity index is 910. The molecule has 0 saturated heterocycles. The number of ether oxygens (including phenoxy) is 1. The van der Waals surface area contributed by atoms with Gasteiger partial charge in [-0.1, -0.05) is 18.2 Å². The summed E-state index contributed by atoms with van der Waals surface area (Å²) in [6, 6.07) is 9.37. The van der Waals surface area contributed by atoms with Gasteiger partial charge in [0.2, 0.25) is 0 Å². The van der Waals surface area contributed by atoms with E-state index in [9.17, 15) is 14.9 Å². The number of amides is 1. The van der Waals surface area contributed by atoms with Gasteiger partial charge >= 0.3 is 5.97 Å². The molecule has 1 aromatic heterocycles. The van der Waals surface area contributed by atoms with Gasteiger partial charge in [-0.2, -0.15) is 5.26 Å². The topological polar surface area (TPSA) is 79.2 Å². The third-order valence-electron chi connectivity index (χ3n) is 4.70. The number of anilines is 1. The van der Waals surface area contributed by atoms with E-state index >= 15 is 0 Å². The van der Waals surface area contributed by atoms with Crippen LogP contribution in [0.1, 0.15) is 44.8 Å². The molecule has 126 valence electrons. The Labute approximate surface area is 149 Å². The van der Waals surface area contributed by atoms with Crippen molar-refractivity contribution in [1.29, 1.82) is 5.26 Å². The van der Waals surface area contributed by atoms with Crippen LogP contribution in [-0.4, -0.2) is 18.0 Å². The molecule has 0 fully saturated rings. The zero-order valence-corrected chi connectivity index (χ0v) is 14.3. The van der Waals surface area contributed by atoms with Gasteiger partial charge in [-0.3, -0.25) is 4.79 Å². The Kier molecular flexibility index (Phi) is 4.02. The van der Waals surface area contributed by atoms with Crippen molar-refractivity contribution in [3.8, 4) is 6.07 Å². The van der Waals surface area contributed by atoms with Gasteiger partial charge in [-0.25, -0.2) is 4.79 Å². The first-order chi connectivity index (χ1) is 12.2. The predicted octanol–water partition coefficient (Wildman–Crippen LogP) is 3.22. The van der Waals surface area contributed by atoms with E-state index in [0.29, 0.717) is 22.5 Å². The number of cyclic esters (lactones) is 1. The SMILES string of the molecule is N#Cc1c(NC(=O)[C@H]2Cc3ccccc3C(=O)O2)sc2c1CCCC2. The van der Waals surface area contributed by atoms with Crippen molar-refractivity contribution in [2.45, 2.75) is 38.2 Å². The average molecular weight is 352 g/mol. The van der Waals surface area contributed by atoms with E-state index in [1.165, 1.54) is 16.2 Å². The first kappa shape index (κ1) is 15.9. The van der Waals surface area contributed by atoms with Crippen molar-refractivity contribution in [2.75, 3.05) is 5.32 Å². The zero-order valence-electron chi connectivity index (χ0n) is 13.5. The van der Waals surface area contributed by atoms with E-state index in [0.717, 1.165) is 36.8 Å². The second kappa shape index (κ2) is 6.34. The van der Waals surface area contributed by atoms with Crippen LogP contribution in [0.4, 0.5) is 5.00 Å². The molecule has 0 saturated carbocycles. The van der Waals surface area contributed by atoms with Crippen molar-refractivity contribution >= 4 is 28.2 Å². The lowest BCUT2D eigenvalue weighted by Crippen LogP contribution is -2.37. The number of nitrogens with one attached hydrogen (secondary N) is 1. The maximum absolute atomic E-state index is 12.6. The predicted molar refractivity (Wildman–Crippen MR) is 93.7 cm³/mol. The summed E-state index contributed by atoms with van der Waals surface area (Å²) in [4.78, 5) is 25.9. The van der Waals surface area contributed by atoms with Crippen molar-refractivity contribution in [3.63, 3.8) is 0 Å². The summed E-state index contributed by atoms with van der Waals surface area (Å²) < 4.78 is 5.29. The highest BCUT2D eigenvalue weighted by atomic mass is 32.1. The van der Waals surface area contributed by atoms with Crippen molar-refractivity contribution in [1.82, 2.24) is 0 Å². The molecule has 0 radical (unpaired) electrons. The molecule has 1 N–H and O–H groups in total. The minimum absolute atomic E-state index is 0.348. The number of nitriles is 1. The molecule has 1 aliphatic heterocycles. The van der Waals surface area contributed by atoms with Crippen molar-refractivity contribution in [3.05, 3.63) is 51.4 Å². The molecule has 6 heteroatoms. The van der Waals surface area contributed by atoms with Crippen molar-refractivity contribution < 1.29 is 14.3 Å².